The van der Waals surface area contributed by atoms with E-state index in [-0.39, 0.29) is 0 Å². The third kappa shape index (κ3) is 4.69. The van der Waals surface area contributed by atoms with Gasteiger partial charge in [0.2, 0.25) is 17.8 Å². The highest BCUT2D eigenvalue weighted by atomic mass is 15.4. The summed E-state index contributed by atoms with van der Waals surface area (Å²) in [5.41, 5.74) is 3.99. The van der Waals surface area contributed by atoms with E-state index in [1.54, 1.807) is 6.21 Å². The van der Waals surface area contributed by atoms with Gasteiger partial charge >= 0.3 is 0 Å². The van der Waals surface area contributed by atoms with Crippen molar-refractivity contribution in [2.75, 3.05) is 67.6 Å². The molecule has 2 aliphatic rings. The molecule has 0 spiro atoms. The highest BCUT2D eigenvalue weighted by Crippen LogP contribution is 2.17. The molecule has 0 unspecified atom stereocenters. The summed E-state index contributed by atoms with van der Waals surface area (Å²) < 4.78 is 0. The van der Waals surface area contributed by atoms with E-state index in [9.17, 15) is 0 Å². The standard InChI is InChI=1S/C18H25N9/c1-2-4-15(5-3-1)14-21-25-16-22-17(26-10-6-19-7-11-26)24-18(23-16)27-12-8-20-9-13-27/h1-5,14,19-20H,6-13H2,(H,22,23,24,25). The summed E-state index contributed by atoms with van der Waals surface area (Å²) in [4.78, 5) is 18.3. The van der Waals surface area contributed by atoms with Crippen molar-refractivity contribution in [2.24, 2.45) is 5.10 Å². The number of hydrogen-bond acceptors (Lipinski definition) is 9. The van der Waals surface area contributed by atoms with E-state index in [1.165, 1.54) is 0 Å². The van der Waals surface area contributed by atoms with Crippen molar-refractivity contribution in [1.29, 1.82) is 0 Å². The summed E-state index contributed by atoms with van der Waals surface area (Å²) in [5, 5.41) is 11.0. The summed E-state index contributed by atoms with van der Waals surface area (Å²) in [7, 11) is 0. The Morgan fingerprint density at radius 1 is 0.815 bits per heavy atom. The van der Waals surface area contributed by atoms with Crippen LogP contribution in [0.4, 0.5) is 17.8 Å². The normalized spacial score (nSPS) is 18.1. The summed E-state index contributed by atoms with van der Waals surface area (Å²) in [6.45, 7) is 7.28. The van der Waals surface area contributed by atoms with Crippen molar-refractivity contribution >= 4 is 24.1 Å². The number of rotatable bonds is 5. The van der Waals surface area contributed by atoms with Crippen LogP contribution in [0.25, 0.3) is 0 Å². The first kappa shape index (κ1) is 17.6. The third-order valence-corrected chi connectivity index (χ3v) is 4.59. The Morgan fingerprint density at radius 2 is 1.37 bits per heavy atom. The average Bonchev–Trinajstić information content (AvgIpc) is 2.76. The van der Waals surface area contributed by atoms with Crippen LogP contribution in [0.3, 0.4) is 0 Å². The van der Waals surface area contributed by atoms with Crippen molar-refractivity contribution < 1.29 is 0 Å². The fraction of sp³-hybridized carbons (Fsp3) is 0.444. The van der Waals surface area contributed by atoms with Gasteiger partial charge in [-0.3, -0.25) is 0 Å². The molecule has 2 fully saturated rings. The summed E-state index contributed by atoms with van der Waals surface area (Å²) >= 11 is 0. The lowest BCUT2D eigenvalue weighted by atomic mass is 10.2. The van der Waals surface area contributed by atoms with Gasteiger partial charge in [0.05, 0.1) is 6.21 Å². The van der Waals surface area contributed by atoms with E-state index in [4.69, 9.17) is 4.98 Å². The molecular weight excluding hydrogens is 342 g/mol. The molecule has 9 nitrogen and oxygen atoms in total. The van der Waals surface area contributed by atoms with Crippen LogP contribution in [-0.4, -0.2) is 73.5 Å². The SMILES string of the molecule is C(=NNc1nc(N2CCNCC2)nc(N2CCNCC2)n1)c1ccccc1. The molecule has 3 N–H and O–H groups in total. The number of hydrogen-bond donors (Lipinski definition) is 3. The largest absolute Gasteiger partial charge is 0.338 e. The van der Waals surface area contributed by atoms with E-state index < -0.39 is 0 Å². The maximum absolute atomic E-state index is 4.73. The molecule has 1 aromatic heterocycles. The summed E-state index contributed by atoms with van der Waals surface area (Å²) in [5.74, 6) is 1.88. The van der Waals surface area contributed by atoms with E-state index in [0.29, 0.717) is 17.8 Å². The second kappa shape index (κ2) is 8.74. The molecule has 0 amide bonds. The van der Waals surface area contributed by atoms with Gasteiger partial charge in [-0.1, -0.05) is 30.3 Å². The van der Waals surface area contributed by atoms with Crippen LogP contribution in [-0.2, 0) is 0 Å². The minimum Gasteiger partial charge on any atom is -0.338 e. The fourth-order valence-corrected chi connectivity index (χ4v) is 3.12. The average molecular weight is 367 g/mol. The molecule has 3 heterocycles. The molecule has 1 aromatic carbocycles. The van der Waals surface area contributed by atoms with Gasteiger partial charge in [-0.05, 0) is 5.56 Å². The van der Waals surface area contributed by atoms with Gasteiger partial charge in [-0.2, -0.15) is 20.1 Å². The Kier molecular flexibility index (Phi) is 5.70. The molecule has 27 heavy (non-hydrogen) atoms. The predicted octanol–water partition coefficient (Wildman–Crippen LogP) is 0.137. The highest BCUT2D eigenvalue weighted by molar-refractivity contribution is 5.79. The van der Waals surface area contributed by atoms with E-state index in [2.05, 4.69) is 40.9 Å². The molecule has 0 atom stereocenters. The lowest BCUT2D eigenvalue weighted by Crippen LogP contribution is -2.46. The number of anilines is 3. The highest BCUT2D eigenvalue weighted by Gasteiger charge is 2.19. The molecule has 2 aliphatic heterocycles. The molecule has 4 rings (SSSR count). The van der Waals surface area contributed by atoms with Crippen LogP contribution in [0, 0.1) is 0 Å². The van der Waals surface area contributed by atoms with Crippen LogP contribution >= 0.6 is 0 Å². The molecular formula is C18H25N9. The first-order chi connectivity index (χ1) is 13.4. The molecule has 2 aromatic rings. The Hall–Kier alpha value is -2.78. The second-order valence-corrected chi connectivity index (χ2v) is 6.51. The van der Waals surface area contributed by atoms with Crippen molar-refractivity contribution in [2.45, 2.75) is 0 Å². The zero-order valence-electron chi connectivity index (χ0n) is 15.3. The van der Waals surface area contributed by atoms with E-state index in [1.807, 2.05) is 30.3 Å². The van der Waals surface area contributed by atoms with E-state index >= 15 is 0 Å². The molecule has 0 aliphatic carbocycles. The van der Waals surface area contributed by atoms with Crippen LogP contribution < -0.4 is 25.9 Å². The molecule has 2 saturated heterocycles. The van der Waals surface area contributed by atoms with Gasteiger partial charge in [0.1, 0.15) is 0 Å². The number of benzene rings is 1. The van der Waals surface area contributed by atoms with Crippen LogP contribution in [0.2, 0.25) is 0 Å². The first-order valence-electron chi connectivity index (χ1n) is 9.40. The molecule has 0 bridgehead atoms. The van der Waals surface area contributed by atoms with Gasteiger partial charge in [0.15, 0.2) is 0 Å². The topological polar surface area (TPSA) is 93.6 Å². The molecule has 0 radical (unpaired) electrons. The lowest BCUT2D eigenvalue weighted by molar-refractivity contribution is 0.568. The van der Waals surface area contributed by atoms with Gasteiger partial charge in [0, 0.05) is 52.4 Å². The monoisotopic (exact) mass is 367 g/mol. The predicted molar refractivity (Wildman–Crippen MR) is 108 cm³/mol. The Morgan fingerprint density at radius 3 is 1.93 bits per heavy atom. The number of aromatic nitrogens is 3. The molecule has 9 heteroatoms. The van der Waals surface area contributed by atoms with Crippen molar-refractivity contribution in [3.05, 3.63) is 35.9 Å². The molecule has 0 saturated carbocycles. The van der Waals surface area contributed by atoms with Gasteiger partial charge in [-0.15, -0.1) is 0 Å². The number of nitrogens with zero attached hydrogens (tertiary/aromatic N) is 6. The minimum absolute atomic E-state index is 0.472. The second-order valence-electron chi connectivity index (χ2n) is 6.51. The van der Waals surface area contributed by atoms with Crippen molar-refractivity contribution in [1.82, 2.24) is 25.6 Å². The quantitative estimate of drug-likeness (QED) is 0.508. The summed E-state index contributed by atoms with van der Waals surface area (Å²) in [6, 6.07) is 9.94. The Bertz CT molecular complexity index is 716. The van der Waals surface area contributed by atoms with Crippen LogP contribution in [0.1, 0.15) is 5.56 Å². The minimum atomic E-state index is 0.472. The van der Waals surface area contributed by atoms with Crippen molar-refractivity contribution in [3.63, 3.8) is 0 Å². The molecule has 142 valence electrons. The zero-order valence-corrected chi connectivity index (χ0v) is 15.3. The Balaban J connectivity index is 1.55. The number of piperazine rings is 2. The van der Waals surface area contributed by atoms with Gasteiger partial charge < -0.3 is 20.4 Å². The van der Waals surface area contributed by atoms with Gasteiger partial charge in [0.25, 0.3) is 0 Å². The Labute approximate surface area is 158 Å². The number of hydrazone groups is 1. The third-order valence-electron chi connectivity index (χ3n) is 4.59. The zero-order chi connectivity index (χ0) is 18.3. The van der Waals surface area contributed by atoms with Crippen LogP contribution in [0.15, 0.2) is 35.4 Å². The maximum atomic E-state index is 4.73. The maximum Gasteiger partial charge on any atom is 0.250 e. The fourth-order valence-electron chi connectivity index (χ4n) is 3.12. The van der Waals surface area contributed by atoms with Crippen LogP contribution in [0.5, 0.6) is 0 Å². The number of nitrogens with one attached hydrogen (secondary N) is 3. The van der Waals surface area contributed by atoms with Gasteiger partial charge in [-0.25, -0.2) is 5.43 Å². The summed E-state index contributed by atoms with van der Waals surface area (Å²) in [6.07, 6.45) is 1.76. The van der Waals surface area contributed by atoms with E-state index in [0.717, 1.165) is 57.9 Å². The smallest absolute Gasteiger partial charge is 0.250 e. The van der Waals surface area contributed by atoms with Crippen molar-refractivity contribution in [3.8, 4) is 0 Å². The lowest BCUT2D eigenvalue weighted by Gasteiger charge is -2.30. The first-order valence-corrected chi connectivity index (χ1v) is 9.40.